The summed E-state index contributed by atoms with van der Waals surface area (Å²) in [5.74, 6) is 1.98. The molecule has 36 heavy (non-hydrogen) atoms. The van der Waals surface area contributed by atoms with E-state index in [1.54, 1.807) is 30.3 Å². The van der Waals surface area contributed by atoms with Gasteiger partial charge in [-0.05, 0) is 43.7 Å². The number of rotatable bonds is 6. The van der Waals surface area contributed by atoms with Crippen molar-refractivity contribution in [1.82, 2.24) is 25.1 Å². The largest absolute Gasteiger partial charge is 0.507 e. The van der Waals surface area contributed by atoms with Crippen LogP contribution in [-0.4, -0.2) is 75.3 Å². The Morgan fingerprint density at radius 2 is 2.03 bits per heavy atom. The van der Waals surface area contributed by atoms with Crippen LogP contribution in [0.15, 0.2) is 48.7 Å². The van der Waals surface area contributed by atoms with Gasteiger partial charge in [0.25, 0.3) is 0 Å². The molecule has 0 radical (unpaired) electrons. The van der Waals surface area contributed by atoms with Crippen LogP contribution in [0.3, 0.4) is 0 Å². The second kappa shape index (κ2) is 11.0. The van der Waals surface area contributed by atoms with Gasteiger partial charge in [-0.1, -0.05) is 18.2 Å². The maximum Gasteiger partial charge on any atom is 0.219 e. The molecule has 1 aromatic carbocycles. The Morgan fingerprint density at radius 3 is 2.81 bits per heavy atom. The van der Waals surface area contributed by atoms with E-state index >= 15 is 0 Å². The van der Waals surface area contributed by atoms with Crippen LogP contribution in [0.1, 0.15) is 26.1 Å². The van der Waals surface area contributed by atoms with Gasteiger partial charge >= 0.3 is 0 Å². The van der Waals surface area contributed by atoms with E-state index in [-0.39, 0.29) is 17.7 Å². The molecular weight excluding hydrogens is 456 g/mol. The van der Waals surface area contributed by atoms with Crippen molar-refractivity contribution in [3.63, 3.8) is 0 Å². The van der Waals surface area contributed by atoms with Gasteiger partial charge in [-0.15, -0.1) is 10.2 Å². The van der Waals surface area contributed by atoms with Crippen LogP contribution < -0.4 is 15.5 Å². The van der Waals surface area contributed by atoms with E-state index in [0.717, 1.165) is 37.6 Å². The summed E-state index contributed by atoms with van der Waals surface area (Å²) >= 11 is 0. The lowest BCUT2D eigenvalue weighted by Gasteiger charge is -2.28. The van der Waals surface area contributed by atoms with Crippen molar-refractivity contribution in [2.75, 3.05) is 48.8 Å². The summed E-state index contributed by atoms with van der Waals surface area (Å²) < 4.78 is 0. The lowest BCUT2D eigenvalue weighted by Crippen LogP contribution is -2.35. The van der Waals surface area contributed by atoms with Crippen molar-refractivity contribution >= 4 is 29.3 Å². The molecule has 3 aromatic rings. The normalized spacial score (nSPS) is 16.2. The molecule has 10 heteroatoms. The molecule has 1 atom stereocenters. The highest BCUT2D eigenvalue weighted by Gasteiger charge is 2.24. The third-order valence-corrected chi connectivity index (χ3v) is 6.42. The number of benzene rings is 1. The number of anilines is 3. The molecule has 0 unspecified atom stereocenters. The number of aromatic hydroxyl groups is 1. The fourth-order valence-electron chi connectivity index (χ4n) is 4.16. The van der Waals surface area contributed by atoms with Crippen LogP contribution >= 0.6 is 0 Å². The Labute approximate surface area is 211 Å². The minimum atomic E-state index is 0.00925. The highest BCUT2D eigenvalue weighted by atomic mass is 16.3. The molecule has 4 rings (SSSR count). The quantitative estimate of drug-likeness (QED) is 0.539. The number of nitrogen functional groups attached to an aromatic ring is 1. The molecule has 0 aliphatic carbocycles. The van der Waals surface area contributed by atoms with Crippen LogP contribution in [0, 0.1) is 0 Å². The van der Waals surface area contributed by atoms with E-state index in [1.165, 1.54) is 6.92 Å². The molecule has 2 aromatic heterocycles. The number of phenolic OH excluding ortho intramolecular Hbond substituents is 1. The predicted molar refractivity (Wildman–Crippen MR) is 142 cm³/mol. The van der Waals surface area contributed by atoms with Gasteiger partial charge in [-0.2, -0.15) is 0 Å². The molecule has 0 bridgehead atoms. The molecule has 1 saturated heterocycles. The number of amides is 1. The topological polar surface area (TPSA) is 125 Å². The number of likely N-dealkylation sites (N-methyl/N-ethyl adjacent to an activating group) is 1. The highest BCUT2D eigenvalue weighted by molar-refractivity contribution is 5.74. The van der Waals surface area contributed by atoms with Gasteiger partial charge < -0.3 is 25.5 Å². The van der Waals surface area contributed by atoms with Crippen LogP contribution in [0.4, 0.5) is 17.3 Å². The van der Waals surface area contributed by atoms with Gasteiger partial charge in [-0.25, -0.2) is 9.97 Å². The molecule has 1 amide bonds. The summed E-state index contributed by atoms with van der Waals surface area (Å²) in [7, 11) is 1.76. The van der Waals surface area contributed by atoms with Crippen molar-refractivity contribution in [3.05, 3.63) is 54.5 Å². The summed E-state index contributed by atoms with van der Waals surface area (Å²) in [6, 6.07) is 11.1. The number of phenols is 1. The van der Waals surface area contributed by atoms with Crippen LogP contribution in [0.2, 0.25) is 0 Å². The standard InChI is InChI=1S/C26H32N8O2/c1-18-11-14-33(22-17-21(30-31-26(22)27)20-7-4-5-8-23(20)36)15-16-34(18)25-10-12-28-24(29-25)9-6-13-32(3)19(2)35/h4-10,12,17-18,36H,11,13-16H2,1-3H3,(H2,27,31)/b9-6+/t18-/m1/s1. The smallest absolute Gasteiger partial charge is 0.219 e. The van der Waals surface area contributed by atoms with Gasteiger partial charge in [0.2, 0.25) is 5.91 Å². The summed E-state index contributed by atoms with van der Waals surface area (Å²) in [5, 5.41) is 18.6. The number of hydrogen-bond acceptors (Lipinski definition) is 9. The van der Waals surface area contributed by atoms with Crippen molar-refractivity contribution < 1.29 is 9.90 Å². The Bertz CT molecular complexity index is 1250. The summed E-state index contributed by atoms with van der Waals surface area (Å²) in [5.41, 5.74) is 8.23. The molecule has 0 spiro atoms. The Balaban J connectivity index is 1.51. The first kappa shape index (κ1) is 24.9. The average molecular weight is 489 g/mol. The van der Waals surface area contributed by atoms with E-state index in [1.807, 2.05) is 36.4 Å². The summed E-state index contributed by atoms with van der Waals surface area (Å²) in [6.45, 7) is 6.48. The number of nitrogens with zero attached hydrogens (tertiary/aromatic N) is 7. The zero-order valence-electron chi connectivity index (χ0n) is 20.9. The van der Waals surface area contributed by atoms with E-state index in [2.05, 4.69) is 31.9 Å². The third kappa shape index (κ3) is 5.70. The maximum atomic E-state index is 11.4. The lowest BCUT2D eigenvalue weighted by atomic mass is 10.1. The second-order valence-electron chi connectivity index (χ2n) is 8.91. The average Bonchev–Trinajstić information content (AvgIpc) is 3.06. The molecule has 10 nitrogen and oxygen atoms in total. The third-order valence-electron chi connectivity index (χ3n) is 6.42. The summed E-state index contributed by atoms with van der Waals surface area (Å²) in [6.07, 6.45) is 6.37. The molecule has 188 valence electrons. The molecule has 3 heterocycles. The number of para-hydroxylation sites is 1. The number of hydrogen-bond donors (Lipinski definition) is 2. The maximum absolute atomic E-state index is 11.4. The number of aromatic nitrogens is 4. The van der Waals surface area contributed by atoms with E-state index in [4.69, 9.17) is 10.7 Å². The fraction of sp³-hybridized carbons (Fsp3) is 0.346. The molecule has 1 aliphatic heterocycles. The Morgan fingerprint density at radius 1 is 1.22 bits per heavy atom. The molecular formula is C26H32N8O2. The lowest BCUT2D eigenvalue weighted by molar-refractivity contribution is -0.127. The highest BCUT2D eigenvalue weighted by Crippen LogP contribution is 2.32. The molecule has 1 fully saturated rings. The minimum absolute atomic E-state index is 0.00925. The van der Waals surface area contributed by atoms with Crippen molar-refractivity contribution in [2.45, 2.75) is 26.3 Å². The van der Waals surface area contributed by atoms with E-state index < -0.39 is 0 Å². The van der Waals surface area contributed by atoms with Gasteiger partial charge in [0.15, 0.2) is 11.6 Å². The predicted octanol–water partition coefficient (Wildman–Crippen LogP) is 2.82. The first-order chi connectivity index (χ1) is 17.3. The number of carbonyl (C=O) groups is 1. The van der Waals surface area contributed by atoms with Gasteiger partial charge in [-0.3, -0.25) is 4.79 Å². The van der Waals surface area contributed by atoms with Crippen molar-refractivity contribution in [3.8, 4) is 17.0 Å². The van der Waals surface area contributed by atoms with Crippen molar-refractivity contribution in [1.29, 1.82) is 0 Å². The second-order valence-corrected chi connectivity index (χ2v) is 8.91. The zero-order chi connectivity index (χ0) is 25.7. The fourth-order valence-corrected chi connectivity index (χ4v) is 4.16. The van der Waals surface area contributed by atoms with E-state index in [0.29, 0.717) is 29.4 Å². The first-order valence-electron chi connectivity index (χ1n) is 12.0. The zero-order valence-corrected chi connectivity index (χ0v) is 20.9. The number of carbonyl (C=O) groups excluding carboxylic acids is 1. The van der Waals surface area contributed by atoms with Gasteiger partial charge in [0.05, 0.1) is 11.4 Å². The van der Waals surface area contributed by atoms with Crippen molar-refractivity contribution in [2.24, 2.45) is 0 Å². The molecule has 0 saturated carbocycles. The van der Waals surface area contributed by atoms with Crippen LogP contribution in [0.5, 0.6) is 5.75 Å². The van der Waals surface area contributed by atoms with Gasteiger partial charge in [0, 0.05) is 58.0 Å². The first-order valence-corrected chi connectivity index (χ1v) is 12.0. The van der Waals surface area contributed by atoms with Crippen LogP contribution in [-0.2, 0) is 4.79 Å². The number of nitrogens with two attached hydrogens (primary N) is 1. The SMILES string of the molecule is CC(=O)N(C)C/C=C/c1nccc(N2CCN(c3cc(-c4ccccc4O)nnc3N)CC[C@H]2C)n1. The van der Waals surface area contributed by atoms with Crippen LogP contribution in [0.25, 0.3) is 17.3 Å². The Kier molecular flexibility index (Phi) is 7.62. The van der Waals surface area contributed by atoms with E-state index in [9.17, 15) is 9.90 Å². The van der Waals surface area contributed by atoms with Gasteiger partial charge in [0.1, 0.15) is 11.6 Å². The minimum Gasteiger partial charge on any atom is -0.507 e. The molecule has 1 aliphatic rings. The summed E-state index contributed by atoms with van der Waals surface area (Å²) in [4.78, 5) is 26.6. The monoisotopic (exact) mass is 488 g/mol. The molecule has 3 N–H and O–H groups in total. The Hall–Kier alpha value is -4.21.